The number of hydrogen-bond acceptors (Lipinski definition) is 4. The molecule has 1 atom stereocenters. The van der Waals surface area contributed by atoms with E-state index in [2.05, 4.69) is 0 Å². The minimum atomic E-state index is -1.08. The van der Waals surface area contributed by atoms with Gasteiger partial charge in [-0.3, -0.25) is 19.3 Å². The maximum Gasteiger partial charge on any atom is 0.277 e. The van der Waals surface area contributed by atoms with E-state index in [4.69, 9.17) is 4.74 Å². The van der Waals surface area contributed by atoms with E-state index < -0.39 is 22.6 Å². The highest BCUT2D eigenvalue weighted by molar-refractivity contribution is 5.96. The maximum atomic E-state index is 15.4. The third-order valence-corrected chi connectivity index (χ3v) is 8.90. The fourth-order valence-electron chi connectivity index (χ4n) is 6.82. The van der Waals surface area contributed by atoms with Gasteiger partial charge in [-0.15, -0.1) is 0 Å². The van der Waals surface area contributed by atoms with Gasteiger partial charge in [0.1, 0.15) is 18.0 Å². The molecule has 0 N–H and O–H groups in total. The molecule has 0 saturated heterocycles. The smallest absolute Gasteiger partial charge is 0.277 e. The van der Waals surface area contributed by atoms with Gasteiger partial charge in [0.2, 0.25) is 5.43 Å². The second-order valence-electron chi connectivity index (χ2n) is 11.4. The van der Waals surface area contributed by atoms with E-state index in [-0.39, 0.29) is 55.0 Å². The normalized spacial score (nSPS) is 18.1. The number of pyridine rings is 1. The quantitative estimate of drug-likeness (QED) is 0.236. The Bertz CT molecular complexity index is 1880. The summed E-state index contributed by atoms with van der Waals surface area (Å²) in [6.07, 6.45) is 5.72. The molecule has 9 heteroatoms. The fourth-order valence-corrected chi connectivity index (χ4v) is 6.82. The summed E-state index contributed by atoms with van der Waals surface area (Å²) < 4.78 is 51.2. The van der Waals surface area contributed by atoms with Crippen LogP contribution < -0.4 is 15.2 Å². The standard InChI is InChI=1S/C35H30F3N3O3/c1-2-3-18-44-33-30(42)15-17-40-32(33)34(43)39(16-14-22-8-10-25(36)11-9-22)21-41(40)35-24(19-23-6-4-5-7-27(23)35)20-26-28(35)12-13-29(37)31(26)38/h4-13,15,17,19H,2-3,14,16,18,20-21H2,1H3. The topological polar surface area (TPSA) is 54.8 Å². The molecule has 4 aromatic rings. The number of fused-ring (bicyclic) bond motifs is 6. The average Bonchev–Trinajstić information content (AvgIpc) is 3.52. The van der Waals surface area contributed by atoms with Gasteiger partial charge in [-0.1, -0.05) is 61.9 Å². The Kier molecular flexibility index (Phi) is 6.83. The third-order valence-electron chi connectivity index (χ3n) is 8.90. The fraction of sp³-hybridized carbons (Fsp3) is 0.257. The van der Waals surface area contributed by atoms with Gasteiger partial charge in [0, 0.05) is 30.8 Å². The number of aromatic nitrogens is 1. The molecule has 224 valence electrons. The first-order valence-corrected chi connectivity index (χ1v) is 14.8. The van der Waals surface area contributed by atoms with Crippen LogP contribution in [-0.4, -0.2) is 35.3 Å². The highest BCUT2D eigenvalue weighted by Crippen LogP contribution is 2.56. The van der Waals surface area contributed by atoms with Gasteiger partial charge in [0.05, 0.1) is 6.61 Å². The number of carbonyl (C=O) groups excluding carboxylic acids is 1. The molecule has 1 aromatic heterocycles. The first kappa shape index (κ1) is 28.0. The lowest BCUT2D eigenvalue weighted by atomic mass is 9.83. The molecule has 2 heterocycles. The minimum absolute atomic E-state index is 0.0425. The van der Waals surface area contributed by atoms with Crippen LogP contribution in [0.5, 0.6) is 5.75 Å². The van der Waals surface area contributed by atoms with E-state index in [0.717, 1.165) is 34.8 Å². The molecule has 3 aliphatic rings. The molecule has 3 aromatic carbocycles. The molecular weight excluding hydrogens is 567 g/mol. The number of rotatable bonds is 8. The number of halogens is 3. The van der Waals surface area contributed by atoms with Gasteiger partial charge in [-0.05, 0) is 58.9 Å². The van der Waals surface area contributed by atoms with Gasteiger partial charge in [-0.2, -0.15) is 0 Å². The second-order valence-corrected chi connectivity index (χ2v) is 11.4. The molecule has 0 bridgehead atoms. The average molecular weight is 598 g/mol. The van der Waals surface area contributed by atoms with Crippen LogP contribution in [0, 0.1) is 17.5 Å². The van der Waals surface area contributed by atoms with Crippen molar-refractivity contribution < 1.29 is 22.7 Å². The first-order chi connectivity index (χ1) is 21.3. The zero-order valence-electron chi connectivity index (χ0n) is 24.2. The van der Waals surface area contributed by atoms with Crippen molar-refractivity contribution in [3.63, 3.8) is 0 Å². The molecule has 1 amide bonds. The van der Waals surface area contributed by atoms with Crippen molar-refractivity contribution in [1.82, 2.24) is 9.58 Å². The molecular formula is C35H30F3N3O3. The number of unbranched alkanes of at least 4 members (excludes halogenated alkanes) is 1. The molecule has 44 heavy (non-hydrogen) atoms. The number of carbonyl (C=O) groups is 1. The molecule has 0 saturated carbocycles. The molecule has 1 unspecified atom stereocenters. The van der Waals surface area contributed by atoms with Crippen LogP contribution in [0.15, 0.2) is 83.3 Å². The third kappa shape index (κ3) is 4.17. The van der Waals surface area contributed by atoms with Crippen LogP contribution >= 0.6 is 0 Å². The predicted molar refractivity (Wildman–Crippen MR) is 161 cm³/mol. The Balaban J connectivity index is 1.43. The predicted octanol–water partition coefficient (Wildman–Crippen LogP) is 5.94. The molecule has 0 radical (unpaired) electrons. The summed E-state index contributed by atoms with van der Waals surface area (Å²) in [4.78, 5) is 29.1. The zero-order valence-corrected chi connectivity index (χ0v) is 24.2. The number of benzene rings is 3. The molecule has 0 fully saturated rings. The highest BCUT2D eigenvalue weighted by Gasteiger charge is 2.56. The van der Waals surface area contributed by atoms with Gasteiger partial charge in [-0.25, -0.2) is 13.2 Å². The maximum absolute atomic E-state index is 15.4. The minimum Gasteiger partial charge on any atom is -0.487 e. The summed E-state index contributed by atoms with van der Waals surface area (Å²) in [6, 6.07) is 18.0. The van der Waals surface area contributed by atoms with Crippen LogP contribution in [0.1, 0.15) is 58.1 Å². The highest BCUT2D eigenvalue weighted by atomic mass is 19.2. The monoisotopic (exact) mass is 597 g/mol. The summed E-state index contributed by atoms with van der Waals surface area (Å²) in [5.41, 5.74) is 2.91. The van der Waals surface area contributed by atoms with Crippen LogP contribution in [-0.2, 0) is 18.4 Å². The summed E-state index contributed by atoms with van der Waals surface area (Å²) in [7, 11) is 0. The van der Waals surface area contributed by atoms with Crippen molar-refractivity contribution in [3.8, 4) is 5.75 Å². The van der Waals surface area contributed by atoms with Crippen molar-refractivity contribution in [3.05, 3.63) is 140 Å². The number of ether oxygens (including phenoxy) is 1. The Hall–Kier alpha value is -4.79. The summed E-state index contributed by atoms with van der Waals surface area (Å²) in [5, 5.41) is 1.96. The Morgan fingerprint density at radius 2 is 1.73 bits per heavy atom. The van der Waals surface area contributed by atoms with Gasteiger partial charge < -0.3 is 9.64 Å². The van der Waals surface area contributed by atoms with Crippen molar-refractivity contribution in [2.24, 2.45) is 0 Å². The van der Waals surface area contributed by atoms with E-state index in [1.54, 1.807) is 34.0 Å². The SMILES string of the molecule is CCCCOc1c2n(ccc1=O)N(C13C(=Cc4ccccc41)Cc1c3ccc(F)c1F)CN(CCc1ccc(F)cc1)C2=O. The van der Waals surface area contributed by atoms with E-state index in [1.165, 1.54) is 18.2 Å². The Labute approximate surface area is 252 Å². The van der Waals surface area contributed by atoms with Gasteiger partial charge in [0.25, 0.3) is 5.91 Å². The van der Waals surface area contributed by atoms with E-state index in [9.17, 15) is 18.4 Å². The summed E-state index contributed by atoms with van der Waals surface area (Å²) in [6.45, 7) is 2.61. The largest absolute Gasteiger partial charge is 0.487 e. The lowest BCUT2D eigenvalue weighted by Gasteiger charge is -2.49. The summed E-state index contributed by atoms with van der Waals surface area (Å²) >= 11 is 0. The zero-order chi connectivity index (χ0) is 30.6. The Morgan fingerprint density at radius 1 is 0.932 bits per heavy atom. The first-order valence-electron chi connectivity index (χ1n) is 14.8. The number of hydrogen-bond donors (Lipinski definition) is 0. The number of amides is 1. The second kappa shape index (κ2) is 10.7. The summed E-state index contributed by atoms with van der Waals surface area (Å²) in [5.74, 6) is -2.58. The van der Waals surface area contributed by atoms with Crippen molar-refractivity contribution >= 4 is 12.0 Å². The van der Waals surface area contributed by atoms with Crippen molar-refractivity contribution in [1.29, 1.82) is 0 Å². The molecule has 2 aliphatic carbocycles. The van der Waals surface area contributed by atoms with E-state index >= 15 is 4.39 Å². The Morgan fingerprint density at radius 3 is 2.52 bits per heavy atom. The number of nitrogens with zero attached hydrogens (tertiary/aromatic N) is 3. The van der Waals surface area contributed by atoms with Crippen LogP contribution in [0.25, 0.3) is 6.08 Å². The van der Waals surface area contributed by atoms with Gasteiger partial charge >= 0.3 is 0 Å². The van der Waals surface area contributed by atoms with Crippen molar-refractivity contribution in [2.75, 3.05) is 24.8 Å². The molecule has 7 rings (SSSR count). The molecule has 0 spiro atoms. The van der Waals surface area contributed by atoms with Crippen LogP contribution in [0.4, 0.5) is 13.2 Å². The lowest BCUT2D eigenvalue weighted by Crippen LogP contribution is -2.62. The van der Waals surface area contributed by atoms with Crippen molar-refractivity contribution in [2.45, 2.75) is 38.1 Å². The van der Waals surface area contributed by atoms with Crippen LogP contribution in [0.2, 0.25) is 0 Å². The molecule has 1 aliphatic heterocycles. The van der Waals surface area contributed by atoms with E-state index in [0.29, 0.717) is 18.4 Å². The van der Waals surface area contributed by atoms with Crippen LogP contribution in [0.3, 0.4) is 0 Å². The van der Waals surface area contributed by atoms with E-state index in [1.807, 2.05) is 42.3 Å². The molecule has 6 nitrogen and oxygen atoms in total. The lowest BCUT2D eigenvalue weighted by molar-refractivity contribution is 0.0667. The van der Waals surface area contributed by atoms with Gasteiger partial charge in [0.15, 0.2) is 23.1 Å².